The molecule has 0 aromatic heterocycles. The van der Waals surface area contributed by atoms with Crippen molar-refractivity contribution >= 4 is 11.4 Å². The second-order valence-electron chi connectivity index (χ2n) is 8.64. The normalized spacial score (nSPS) is 11.6. The predicted octanol–water partition coefficient (Wildman–Crippen LogP) is 9.23. The number of ether oxygens (including phenoxy) is 1. The topological polar surface area (TPSA) is 52.4 Å². The standard InChI is InChI=1S/C27H45NO3/c1-3-4-5-6-7-8-9-10-11-12-13-14-15-16-17-18-19-24-27(31-2)25-22-20-21-23-26(25)28(29)30/h20-24H,3-19H2,1-2H3/b27-24+. The summed E-state index contributed by atoms with van der Waals surface area (Å²) in [5, 5.41) is 11.2. The molecular weight excluding hydrogens is 386 g/mol. The van der Waals surface area contributed by atoms with Crippen molar-refractivity contribution in [2.75, 3.05) is 7.11 Å². The molecule has 0 saturated heterocycles. The average Bonchev–Trinajstić information content (AvgIpc) is 2.78. The van der Waals surface area contributed by atoms with Gasteiger partial charge in [0.25, 0.3) is 5.69 Å². The molecule has 0 saturated carbocycles. The molecule has 4 heteroatoms. The van der Waals surface area contributed by atoms with Crippen LogP contribution in [0.5, 0.6) is 0 Å². The summed E-state index contributed by atoms with van der Waals surface area (Å²) in [4.78, 5) is 10.8. The third kappa shape index (κ3) is 13.2. The maximum absolute atomic E-state index is 11.2. The molecule has 0 unspecified atom stereocenters. The van der Waals surface area contributed by atoms with E-state index in [-0.39, 0.29) is 10.6 Å². The lowest BCUT2D eigenvalue weighted by Gasteiger charge is -2.07. The fraction of sp³-hybridized carbons (Fsp3) is 0.704. The van der Waals surface area contributed by atoms with Crippen molar-refractivity contribution in [3.8, 4) is 0 Å². The number of rotatable bonds is 20. The van der Waals surface area contributed by atoms with Crippen LogP contribution >= 0.6 is 0 Å². The molecule has 0 bridgehead atoms. The molecule has 4 nitrogen and oxygen atoms in total. The Morgan fingerprint density at radius 3 is 1.71 bits per heavy atom. The van der Waals surface area contributed by atoms with Gasteiger partial charge in [0.2, 0.25) is 0 Å². The predicted molar refractivity (Wildman–Crippen MR) is 132 cm³/mol. The quantitative estimate of drug-likeness (QED) is 0.0894. The van der Waals surface area contributed by atoms with E-state index in [1.807, 2.05) is 12.1 Å². The Kier molecular flexibility index (Phi) is 16.6. The summed E-state index contributed by atoms with van der Waals surface area (Å²) in [6.07, 6.45) is 24.6. The third-order valence-corrected chi connectivity index (χ3v) is 5.97. The van der Waals surface area contributed by atoms with Gasteiger partial charge in [0.1, 0.15) is 5.76 Å². The maximum atomic E-state index is 11.2. The summed E-state index contributed by atoms with van der Waals surface area (Å²) in [7, 11) is 1.58. The van der Waals surface area contributed by atoms with Crippen molar-refractivity contribution in [2.24, 2.45) is 0 Å². The molecular formula is C27H45NO3. The summed E-state index contributed by atoms with van der Waals surface area (Å²) in [6.45, 7) is 2.28. The second-order valence-corrected chi connectivity index (χ2v) is 8.64. The number of nitrogens with zero attached hydrogens (tertiary/aromatic N) is 1. The van der Waals surface area contributed by atoms with Crippen molar-refractivity contribution in [3.05, 3.63) is 46.0 Å². The Labute approximate surface area is 190 Å². The summed E-state index contributed by atoms with van der Waals surface area (Å²) in [6, 6.07) is 6.77. The van der Waals surface area contributed by atoms with Crippen LogP contribution in [-0.4, -0.2) is 12.0 Å². The first-order valence-electron chi connectivity index (χ1n) is 12.7. The number of hydrogen-bond acceptors (Lipinski definition) is 3. The van der Waals surface area contributed by atoms with E-state index in [1.54, 1.807) is 19.2 Å². The Hall–Kier alpha value is -1.84. The number of nitro benzene ring substituents is 1. The molecule has 1 aromatic carbocycles. The molecule has 1 aromatic rings. The van der Waals surface area contributed by atoms with Crippen molar-refractivity contribution in [3.63, 3.8) is 0 Å². The molecule has 0 amide bonds. The van der Waals surface area contributed by atoms with E-state index < -0.39 is 0 Å². The van der Waals surface area contributed by atoms with Crippen LogP contribution in [0.3, 0.4) is 0 Å². The van der Waals surface area contributed by atoms with Gasteiger partial charge < -0.3 is 4.74 Å². The average molecular weight is 432 g/mol. The van der Waals surface area contributed by atoms with E-state index in [0.29, 0.717) is 11.3 Å². The van der Waals surface area contributed by atoms with Crippen LogP contribution < -0.4 is 0 Å². The molecule has 0 atom stereocenters. The zero-order valence-electron chi connectivity index (χ0n) is 20.1. The molecule has 0 heterocycles. The Balaban J connectivity index is 2.01. The Bertz CT molecular complexity index is 612. The lowest BCUT2D eigenvalue weighted by molar-refractivity contribution is -0.385. The number of benzene rings is 1. The van der Waals surface area contributed by atoms with Gasteiger partial charge in [-0.15, -0.1) is 0 Å². The first kappa shape index (κ1) is 27.2. The van der Waals surface area contributed by atoms with E-state index in [0.717, 1.165) is 12.8 Å². The maximum Gasteiger partial charge on any atom is 0.280 e. The van der Waals surface area contributed by atoms with E-state index >= 15 is 0 Å². The minimum Gasteiger partial charge on any atom is -0.496 e. The van der Waals surface area contributed by atoms with Gasteiger partial charge in [-0.1, -0.05) is 115 Å². The summed E-state index contributed by atoms with van der Waals surface area (Å²) in [5.41, 5.74) is 0.661. The number of methoxy groups -OCH3 is 1. The van der Waals surface area contributed by atoms with Crippen molar-refractivity contribution in [1.29, 1.82) is 0 Å². The monoisotopic (exact) mass is 431 g/mol. The Morgan fingerprint density at radius 2 is 1.26 bits per heavy atom. The van der Waals surface area contributed by atoms with E-state index in [9.17, 15) is 10.1 Å². The van der Waals surface area contributed by atoms with Gasteiger partial charge in [-0.05, 0) is 25.0 Å². The van der Waals surface area contributed by atoms with Crippen LogP contribution in [0.1, 0.15) is 122 Å². The first-order chi connectivity index (χ1) is 15.2. The fourth-order valence-electron chi connectivity index (χ4n) is 4.07. The lowest BCUT2D eigenvalue weighted by Crippen LogP contribution is -1.96. The highest BCUT2D eigenvalue weighted by molar-refractivity contribution is 5.68. The molecule has 0 radical (unpaired) electrons. The first-order valence-corrected chi connectivity index (χ1v) is 12.7. The van der Waals surface area contributed by atoms with Crippen molar-refractivity contribution in [1.82, 2.24) is 0 Å². The molecule has 0 N–H and O–H groups in total. The molecule has 31 heavy (non-hydrogen) atoms. The van der Waals surface area contributed by atoms with E-state index in [4.69, 9.17) is 4.74 Å². The highest BCUT2D eigenvalue weighted by Crippen LogP contribution is 2.26. The minimum absolute atomic E-state index is 0.0996. The largest absolute Gasteiger partial charge is 0.496 e. The van der Waals surface area contributed by atoms with Crippen LogP contribution in [0.15, 0.2) is 30.3 Å². The van der Waals surface area contributed by atoms with Gasteiger partial charge in [0.05, 0.1) is 17.6 Å². The molecule has 1 rings (SSSR count). The molecule has 0 aliphatic heterocycles. The third-order valence-electron chi connectivity index (χ3n) is 5.97. The van der Waals surface area contributed by atoms with E-state index in [1.165, 1.54) is 102 Å². The van der Waals surface area contributed by atoms with Gasteiger partial charge in [0, 0.05) is 6.07 Å². The summed E-state index contributed by atoms with van der Waals surface area (Å²) >= 11 is 0. The fourth-order valence-corrected chi connectivity index (χ4v) is 4.07. The number of allylic oxidation sites excluding steroid dienone is 1. The van der Waals surface area contributed by atoms with Gasteiger partial charge >= 0.3 is 0 Å². The number of unbranched alkanes of at least 4 members (excludes halogenated alkanes) is 16. The van der Waals surface area contributed by atoms with E-state index in [2.05, 4.69) is 6.92 Å². The smallest absolute Gasteiger partial charge is 0.280 e. The molecule has 176 valence electrons. The SMILES string of the molecule is CCCCCCCCCCCCCCCCCC/C=C(/OC)c1ccccc1[N+](=O)[O-]. The zero-order valence-corrected chi connectivity index (χ0v) is 20.1. The van der Waals surface area contributed by atoms with Crippen LogP contribution in [0.2, 0.25) is 0 Å². The molecule has 0 spiro atoms. The Morgan fingerprint density at radius 1 is 0.806 bits per heavy atom. The second kappa shape index (κ2) is 18.9. The van der Waals surface area contributed by atoms with Gasteiger partial charge in [-0.2, -0.15) is 0 Å². The summed E-state index contributed by atoms with van der Waals surface area (Å²) in [5.74, 6) is 0.605. The van der Waals surface area contributed by atoms with Crippen LogP contribution in [0.4, 0.5) is 5.69 Å². The summed E-state index contributed by atoms with van der Waals surface area (Å²) < 4.78 is 5.41. The molecule has 0 aliphatic carbocycles. The zero-order chi connectivity index (χ0) is 22.6. The van der Waals surface area contributed by atoms with Gasteiger partial charge in [0.15, 0.2) is 0 Å². The number of nitro groups is 1. The number of para-hydroxylation sites is 1. The van der Waals surface area contributed by atoms with Crippen molar-refractivity contribution in [2.45, 2.75) is 116 Å². The van der Waals surface area contributed by atoms with Gasteiger partial charge in [-0.3, -0.25) is 10.1 Å². The highest BCUT2D eigenvalue weighted by Gasteiger charge is 2.16. The highest BCUT2D eigenvalue weighted by atomic mass is 16.6. The lowest BCUT2D eigenvalue weighted by atomic mass is 10.0. The minimum atomic E-state index is -0.350. The van der Waals surface area contributed by atoms with Crippen LogP contribution in [0.25, 0.3) is 5.76 Å². The van der Waals surface area contributed by atoms with Gasteiger partial charge in [-0.25, -0.2) is 0 Å². The molecule has 0 fully saturated rings. The molecule has 0 aliphatic rings. The van der Waals surface area contributed by atoms with Crippen LogP contribution in [0, 0.1) is 10.1 Å². The van der Waals surface area contributed by atoms with Crippen LogP contribution in [-0.2, 0) is 4.74 Å². The number of hydrogen-bond donors (Lipinski definition) is 0. The van der Waals surface area contributed by atoms with Crippen molar-refractivity contribution < 1.29 is 9.66 Å².